The maximum atomic E-state index is 2.51. The minimum atomic E-state index is -0.504. The molecular formula is C65H42N2S2. The number of fused-ring (bicyclic) bond motifs is 13. The van der Waals surface area contributed by atoms with E-state index in [2.05, 4.69) is 265 Å². The lowest BCUT2D eigenvalue weighted by atomic mass is 9.67. The quantitative estimate of drug-likeness (QED) is 0.157. The van der Waals surface area contributed by atoms with Crippen molar-refractivity contribution in [3.8, 4) is 22.3 Å². The fraction of sp³-hybridized carbons (Fsp3) is 0.0154. The number of anilines is 6. The molecule has 0 atom stereocenters. The van der Waals surface area contributed by atoms with Crippen LogP contribution in [0.25, 0.3) is 53.2 Å². The van der Waals surface area contributed by atoms with Gasteiger partial charge in [0.15, 0.2) is 0 Å². The highest BCUT2D eigenvalue weighted by atomic mass is 32.2. The summed E-state index contributed by atoms with van der Waals surface area (Å²) in [5, 5.41) is 5.03. The van der Waals surface area contributed by atoms with Crippen LogP contribution in [0, 0.1) is 0 Å². The Hall–Kier alpha value is -8.15. The van der Waals surface area contributed by atoms with E-state index < -0.39 is 5.41 Å². The Morgan fingerprint density at radius 2 is 0.797 bits per heavy atom. The molecule has 12 aromatic rings. The molecule has 0 saturated carbocycles. The molecule has 0 bridgehead atoms. The van der Waals surface area contributed by atoms with E-state index in [9.17, 15) is 0 Å². The highest BCUT2D eigenvalue weighted by molar-refractivity contribution is 7.99. The van der Waals surface area contributed by atoms with Crippen LogP contribution >= 0.6 is 23.1 Å². The van der Waals surface area contributed by atoms with E-state index in [4.69, 9.17) is 0 Å². The van der Waals surface area contributed by atoms with E-state index in [0.717, 1.165) is 34.1 Å². The van der Waals surface area contributed by atoms with E-state index in [1.807, 2.05) is 23.1 Å². The van der Waals surface area contributed by atoms with Crippen molar-refractivity contribution >= 4 is 88.2 Å². The molecule has 0 fully saturated rings. The van der Waals surface area contributed by atoms with Crippen molar-refractivity contribution in [3.63, 3.8) is 0 Å². The van der Waals surface area contributed by atoms with Gasteiger partial charge in [-0.3, -0.25) is 0 Å². The minimum Gasteiger partial charge on any atom is -0.311 e. The summed E-state index contributed by atoms with van der Waals surface area (Å²) in [6, 6.07) is 94.3. The van der Waals surface area contributed by atoms with Crippen LogP contribution in [-0.2, 0) is 5.41 Å². The maximum Gasteiger partial charge on any atom is 0.0736 e. The number of hydrogen-bond acceptors (Lipinski definition) is 4. The molecule has 2 aliphatic rings. The van der Waals surface area contributed by atoms with Gasteiger partial charge in [0, 0.05) is 63.8 Å². The highest BCUT2D eigenvalue weighted by Gasteiger charge is 2.50. The van der Waals surface area contributed by atoms with Gasteiger partial charge in [0.05, 0.1) is 11.1 Å². The Bertz CT molecular complexity index is 3870. The van der Waals surface area contributed by atoms with Crippen molar-refractivity contribution in [2.24, 2.45) is 0 Å². The molecule has 1 aromatic heterocycles. The molecule has 324 valence electrons. The van der Waals surface area contributed by atoms with Gasteiger partial charge in [-0.05, 0) is 141 Å². The molecule has 2 nitrogen and oxygen atoms in total. The standard InChI is InChI=1S/C65H42N2S2/c1-3-18-43(19-4-1)66(44-20-5-2-6-21-44)45-34-36-46(37-35-45)67(59-40-39-49(48-22-7-8-25-52(48)59)53-27-17-33-63-64(53)54-26-11-15-31-60(54)68-63)47-38-41-62-58(42-47)65(57-30-14-16-32-61(57)69-62)55-28-12-9-23-50(55)51-24-10-13-29-56(51)65/h1-42H. The smallest absolute Gasteiger partial charge is 0.0736 e. The molecule has 0 amide bonds. The molecule has 1 aliphatic carbocycles. The second-order valence-electron chi connectivity index (χ2n) is 17.9. The van der Waals surface area contributed by atoms with Gasteiger partial charge >= 0.3 is 0 Å². The summed E-state index contributed by atoms with van der Waals surface area (Å²) >= 11 is 3.76. The second kappa shape index (κ2) is 16.0. The average molecular weight is 915 g/mol. The lowest BCUT2D eigenvalue weighted by molar-refractivity contribution is 0.722. The molecule has 0 radical (unpaired) electrons. The summed E-state index contributed by atoms with van der Waals surface area (Å²) in [6.45, 7) is 0. The van der Waals surface area contributed by atoms with Gasteiger partial charge in [-0.15, -0.1) is 11.3 Å². The van der Waals surface area contributed by atoms with Crippen molar-refractivity contribution in [1.29, 1.82) is 0 Å². The largest absolute Gasteiger partial charge is 0.311 e. The average Bonchev–Trinajstić information content (AvgIpc) is 3.94. The molecule has 0 N–H and O–H groups in total. The van der Waals surface area contributed by atoms with E-state index in [0.29, 0.717) is 0 Å². The van der Waals surface area contributed by atoms with Gasteiger partial charge in [0.1, 0.15) is 0 Å². The van der Waals surface area contributed by atoms with Gasteiger partial charge in [0.25, 0.3) is 0 Å². The van der Waals surface area contributed by atoms with Gasteiger partial charge in [0.2, 0.25) is 0 Å². The van der Waals surface area contributed by atoms with Crippen LogP contribution in [0.15, 0.2) is 265 Å². The molecule has 1 spiro atoms. The first-order chi connectivity index (χ1) is 34.2. The van der Waals surface area contributed by atoms with Crippen LogP contribution in [0.2, 0.25) is 0 Å². The molecular weight excluding hydrogens is 873 g/mol. The van der Waals surface area contributed by atoms with Gasteiger partial charge in [-0.2, -0.15) is 0 Å². The van der Waals surface area contributed by atoms with Gasteiger partial charge in [-0.1, -0.05) is 176 Å². The maximum absolute atomic E-state index is 2.51. The van der Waals surface area contributed by atoms with E-state index in [1.165, 1.54) is 85.2 Å². The number of hydrogen-bond donors (Lipinski definition) is 0. The van der Waals surface area contributed by atoms with Crippen molar-refractivity contribution in [2.45, 2.75) is 15.2 Å². The third kappa shape index (κ3) is 6.12. The SMILES string of the molecule is c1ccc(N(c2ccccc2)c2ccc(N(c3ccc4c(c3)C3(c5ccccc5S4)c4ccccc4-c4ccccc43)c3ccc(-c4cccc5sc6ccccc6c45)c4ccccc34)cc2)cc1. The topological polar surface area (TPSA) is 6.48 Å². The lowest BCUT2D eigenvalue weighted by Crippen LogP contribution is -2.32. The zero-order valence-electron chi connectivity index (χ0n) is 37.5. The molecule has 14 rings (SSSR count). The third-order valence-corrected chi connectivity index (χ3v) is 16.6. The predicted molar refractivity (Wildman–Crippen MR) is 293 cm³/mol. The van der Waals surface area contributed by atoms with E-state index >= 15 is 0 Å². The fourth-order valence-electron chi connectivity index (χ4n) is 11.5. The summed E-state index contributed by atoms with van der Waals surface area (Å²) in [6.07, 6.45) is 0. The lowest BCUT2D eigenvalue weighted by Gasteiger charge is -2.40. The first-order valence-electron chi connectivity index (χ1n) is 23.6. The molecule has 69 heavy (non-hydrogen) atoms. The molecule has 0 saturated heterocycles. The first kappa shape index (κ1) is 40.0. The molecule has 2 heterocycles. The van der Waals surface area contributed by atoms with Crippen molar-refractivity contribution in [2.75, 3.05) is 9.80 Å². The van der Waals surface area contributed by atoms with Crippen molar-refractivity contribution in [1.82, 2.24) is 0 Å². The normalized spacial score (nSPS) is 13.0. The minimum absolute atomic E-state index is 0.504. The van der Waals surface area contributed by atoms with Crippen LogP contribution in [0.5, 0.6) is 0 Å². The number of benzene rings is 11. The zero-order valence-corrected chi connectivity index (χ0v) is 39.1. The summed E-state index contributed by atoms with van der Waals surface area (Å²) in [4.78, 5) is 7.40. The third-order valence-electron chi connectivity index (χ3n) is 14.3. The number of thiophene rings is 1. The molecule has 1 aliphatic heterocycles. The Balaban J connectivity index is 1.01. The molecule has 11 aromatic carbocycles. The second-order valence-corrected chi connectivity index (χ2v) is 20.1. The number of nitrogens with zero attached hydrogens (tertiary/aromatic N) is 2. The Morgan fingerprint density at radius 1 is 0.290 bits per heavy atom. The van der Waals surface area contributed by atoms with Gasteiger partial charge in [-0.25, -0.2) is 0 Å². The Kier molecular flexibility index (Phi) is 9.26. The van der Waals surface area contributed by atoms with E-state index in [-0.39, 0.29) is 0 Å². The highest BCUT2D eigenvalue weighted by Crippen LogP contribution is 2.63. The van der Waals surface area contributed by atoms with Crippen LogP contribution in [0.1, 0.15) is 22.3 Å². The van der Waals surface area contributed by atoms with Crippen LogP contribution in [0.3, 0.4) is 0 Å². The fourth-order valence-corrected chi connectivity index (χ4v) is 13.8. The monoisotopic (exact) mass is 914 g/mol. The van der Waals surface area contributed by atoms with Crippen LogP contribution < -0.4 is 9.80 Å². The number of rotatable bonds is 7. The van der Waals surface area contributed by atoms with Gasteiger partial charge < -0.3 is 9.80 Å². The summed E-state index contributed by atoms with van der Waals surface area (Å²) in [7, 11) is 0. The van der Waals surface area contributed by atoms with Crippen molar-refractivity contribution < 1.29 is 0 Å². The Labute approximate surface area is 410 Å². The summed E-state index contributed by atoms with van der Waals surface area (Å²) in [5.41, 5.74) is 16.5. The predicted octanol–water partition coefficient (Wildman–Crippen LogP) is 18.6. The zero-order chi connectivity index (χ0) is 45.5. The molecule has 0 unspecified atom stereocenters. The Morgan fingerprint density at radius 3 is 1.51 bits per heavy atom. The first-order valence-corrected chi connectivity index (χ1v) is 25.2. The van der Waals surface area contributed by atoms with Crippen molar-refractivity contribution in [3.05, 3.63) is 277 Å². The van der Waals surface area contributed by atoms with E-state index in [1.54, 1.807) is 0 Å². The van der Waals surface area contributed by atoms with Crippen LogP contribution in [-0.4, -0.2) is 0 Å². The van der Waals surface area contributed by atoms with Crippen LogP contribution in [0.4, 0.5) is 34.1 Å². The number of para-hydroxylation sites is 2. The summed E-state index contributed by atoms with van der Waals surface area (Å²) in [5.74, 6) is 0. The summed E-state index contributed by atoms with van der Waals surface area (Å²) < 4.78 is 2.62. The molecule has 4 heteroatoms.